The molecule has 0 bridgehead atoms. The smallest absolute Gasteiger partial charge is 0.232 e. The highest BCUT2D eigenvalue weighted by molar-refractivity contribution is 7.77. The lowest BCUT2D eigenvalue weighted by Crippen LogP contribution is -2.18. The van der Waals surface area contributed by atoms with E-state index in [2.05, 4.69) is 14.7 Å². The molecule has 10 heteroatoms. The third-order valence-corrected chi connectivity index (χ3v) is 4.75. The lowest BCUT2D eigenvalue weighted by atomic mass is 9.98. The van der Waals surface area contributed by atoms with E-state index in [4.69, 9.17) is 14.4 Å². The van der Waals surface area contributed by atoms with Crippen LogP contribution in [0.15, 0.2) is 42.6 Å². The minimum absolute atomic E-state index is 0.0637. The molecule has 1 heterocycles. The summed E-state index contributed by atoms with van der Waals surface area (Å²) in [7, 11) is 0. The van der Waals surface area contributed by atoms with Crippen LogP contribution < -0.4 is 9.46 Å². The first-order chi connectivity index (χ1) is 14.5. The Labute approximate surface area is 174 Å². The van der Waals surface area contributed by atoms with Gasteiger partial charge in [0, 0.05) is 12.1 Å². The van der Waals surface area contributed by atoms with Crippen LogP contribution in [0.4, 0.5) is 4.39 Å². The Morgan fingerprint density at radius 2 is 2.07 bits per heavy atom. The highest BCUT2D eigenvalue weighted by Crippen LogP contribution is 2.21. The molecule has 3 N–H and O–H groups in total. The van der Waals surface area contributed by atoms with E-state index in [9.17, 15) is 13.4 Å². The number of carbonyl (C=O) groups is 1. The predicted octanol–water partition coefficient (Wildman–Crippen LogP) is 2.03. The van der Waals surface area contributed by atoms with Crippen molar-refractivity contribution in [3.8, 4) is 5.88 Å². The molecule has 1 unspecified atom stereocenters. The number of aryl methyl sites for hydroxylation is 1. The first-order valence-corrected chi connectivity index (χ1v) is 10.3. The second kappa shape index (κ2) is 10.3. The van der Waals surface area contributed by atoms with Crippen molar-refractivity contribution in [1.82, 2.24) is 14.7 Å². The van der Waals surface area contributed by atoms with Crippen LogP contribution >= 0.6 is 0 Å². The lowest BCUT2D eigenvalue weighted by molar-refractivity contribution is 0.103. The summed E-state index contributed by atoms with van der Waals surface area (Å²) in [6.45, 7) is 0.146. The van der Waals surface area contributed by atoms with Gasteiger partial charge < -0.3 is 9.84 Å². The highest BCUT2D eigenvalue weighted by atomic mass is 32.2. The number of nitrogens with one attached hydrogen (secondary N) is 1. The van der Waals surface area contributed by atoms with Crippen molar-refractivity contribution in [2.24, 2.45) is 0 Å². The summed E-state index contributed by atoms with van der Waals surface area (Å²) in [6.07, 6.45) is 2.17. The van der Waals surface area contributed by atoms with Gasteiger partial charge in [0.05, 0.1) is 29.4 Å². The summed E-state index contributed by atoms with van der Waals surface area (Å²) < 4.78 is 41.8. The zero-order chi connectivity index (χ0) is 21.5. The summed E-state index contributed by atoms with van der Waals surface area (Å²) >= 11 is -2.11. The molecule has 2 aromatic carbocycles. The van der Waals surface area contributed by atoms with Crippen LogP contribution in [0.1, 0.15) is 27.9 Å². The largest absolute Gasteiger partial charge is 0.474 e. The standard InChI is InChI=1S/C20H20FN3O5S/c21-19-13(4-2-8-23-30(27)28)3-1-5-15(19)20(26)14-6-7-16-17(11-14)24-18(12-22-16)29-10-9-25/h1,3,5-7,11-12,23,25H,2,4,8-10H2,(H,27,28). The van der Waals surface area contributed by atoms with Crippen molar-refractivity contribution >= 4 is 28.1 Å². The Hall–Kier alpha value is -2.79. The normalized spacial score (nSPS) is 12.1. The summed E-state index contributed by atoms with van der Waals surface area (Å²) in [5.41, 5.74) is 1.50. The number of hydrogen-bond acceptors (Lipinski definition) is 6. The Morgan fingerprint density at radius 1 is 1.23 bits per heavy atom. The monoisotopic (exact) mass is 433 g/mol. The third-order valence-electron chi connectivity index (χ3n) is 4.30. The van der Waals surface area contributed by atoms with E-state index in [1.165, 1.54) is 18.3 Å². The summed E-state index contributed by atoms with van der Waals surface area (Å²) in [5.74, 6) is -0.889. The maximum Gasteiger partial charge on any atom is 0.232 e. The quantitative estimate of drug-likeness (QED) is 0.254. The number of halogens is 1. The molecule has 0 aliphatic carbocycles. The molecule has 8 nitrogen and oxygen atoms in total. The number of benzene rings is 2. The van der Waals surface area contributed by atoms with E-state index in [0.717, 1.165) is 0 Å². The van der Waals surface area contributed by atoms with Gasteiger partial charge >= 0.3 is 0 Å². The minimum atomic E-state index is -2.11. The van der Waals surface area contributed by atoms with E-state index in [0.29, 0.717) is 29.4 Å². The average Bonchev–Trinajstić information content (AvgIpc) is 2.75. The van der Waals surface area contributed by atoms with Crippen molar-refractivity contribution < 1.29 is 27.8 Å². The Kier molecular flexibility index (Phi) is 7.52. The molecule has 30 heavy (non-hydrogen) atoms. The van der Waals surface area contributed by atoms with Gasteiger partial charge in [-0.25, -0.2) is 23.3 Å². The number of aliphatic hydroxyl groups excluding tert-OH is 1. The average molecular weight is 433 g/mol. The molecule has 3 aromatic rings. The molecule has 0 fully saturated rings. The lowest BCUT2D eigenvalue weighted by Gasteiger charge is -2.09. The van der Waals surface area contributed by atoms with Crippen LogP contribution in [-0.4, -0.2) is 49.4 Å². The molecular weight excluding hydrogens is 413 g/mol. The van der Waals surface area contributed by atoms with E-state index in [1.807, 2.05) is 0 Å². The van der Waals surface area contributed by atoms with Gasteiger partial charge in [0.1, 0.15) is 12.4 Å². The first kappa shape index (κ1) is 21.9. The highest BCUT2D eigenvalue weighted by Gasteiger charge is 2.17. The van der Waals surface area contributed by atoms with Crippen LogP contribution in [0.5, 0.6) is 5.88 Å². The van der Waals surface area contributed by atoms with Crippen LogP contribution in [-0.2, 0) is 17.7 Å². The van der Waals surface area contributed by atoms with Crippen molar-refractivity contribution in [3.05, 3.63) is 65.1 Å². The summed E-state index contributed by atoms with van der Waals surface area (Å²) in [4.78, 5) is 21.4. The van der Waals surface area contributed by atoms with Crippen molar-refractivity contribution in [3.63, 3.8) is 0 Å². The van der Waals surface area contributed by atoms with Crippen molar-refractivity contribution in [2.45, 2.75) is 12.8 Å². The molecule has 1 aromatic heterocycles. The maximum absolute atomic E-state index is 14.9. The van der Waals surface area contributed by atoms with Gasteiger partial charge in [-0.15, -0.1) is 0 Å². The topological polar surface area (TPSA) is 122 Å². The second-order valence-electron chi connectivity index (χ2n) is 6.34. The van der Waals surface area contributed by atoms with Gasteiger partial charge in [0.25, 0.3) is 0 Å². The number of carbonyl (C=O) groups excluding carboxylic acids is 1. The van der Waals surface area contributed by atoms with Crippen molar-refractivity contribution in [1.29, 1.82) is 0 Å². The van der Waals surface area contributed by atoms with Crippen LogP contribution in [0.2, 0.25) is 0 Å². The molecule has 0 radical (unpaired) electrons. The number of hydrogen-bond donors (Lipinski definition) is 3. The van der Waals surface area contributed by atoms with Crippen LogP contribution in [0.25, 0.3) is 11.0 Å². The molecule has 0 amide bonds. The predicted molar refractivity (Wildman–Crippen MR) is 109 cm³/mol. The van der Waals surface area contributed by atoms with Gasteiger partial charge in [-0.1, -0.05) is 12.1 Å². The zero-order valence-corrected chi connectivity index (χ0v) is 16.7. The molecular formula is C20H20FN3O5S. The number of ketones is 1. The first-order valence-electron chi connectivity index (χ1n) is 9.16. The number of aliphatic hydroxyl groups is 1. The zero-order valence-electron chi connectivity index (χ0n) is 15.9. The fraction of sp³-hybridized carbons (Fsp3) is 0.250. The van der Waals surface area contributed by atoms with Crippen LogP contribution in [0, 0.1) is 5.82 Å². The number of aromatic nitrogens is 2. The van der Waals surface area contributed by atoms with Crippen molar-refractivity contribution in [2.75, 3.05) is 19.8 Å². The summed E-state index contributed by atoms with van der Waals surface area (Å²) in [6, 6.07) is 9.29. The van der Waals surface area contributed by atoms with Gasteiger partial charge in [0.2, 0.25) is 17.1 Å². The van der Waals surface area contributed by atoms with Gasteiger partial charge in [0.15, 0.2) is 5.78 Å². The Balaban J connectivity index is 1.82. The van der Waals surface area contributed by atoms with Gasteiger partial charge in [-0.2, -0.15) is 0 Å². The second-order valence-corrected chi connectivity index (χ2v) is 7.13. The van der Waals surface area contributed by atoms with Gasteiger partial charge in [-0.05, 0) is 42.7 Å². The summed E-state index contributed by atoms with van der Waals surface area (Å²) in [5, 5.41) is 8.84. The number of ether oxygens (including phenoxy) is 1. The maximum atomic E-state index is 14.9. The van der Waals surface area contributed by atoms with E-state index < -0.39 is 22.9 Å². The SMILES string of the molecule is O=C(c1ccc2ncc(OCCO)nc2c1)c1cccc(CCCNS(=O)O)c1F. The molecule has 0 saturated heterocycles. The molecule has 0 spiro atoms. The molecule has 3 rings (SSSR count). The van der Waals surface area contributed by atoms with Gasteiger partial charge in [-0.3, -0.25) is 9.35 Å². The number of rotatable bonds is 10. The fourth-order valence-electron chi connectivity index (χ4n) is 2.90. The molecule has 158 valence electrons. The minimum Gasteiger partial charge on any atom is -0.474 e. The molecule has 1 atom stereocenters. The number of fused-ring (bicyclic) bond motifs is 1. The Morgan fingerprint density at radius 3 is 2.83 bits per heavy atom. The van der Waals surface area contributed by atoms with E-state index in [-0.39, 0.29) is 36.8 Å². The third kappa shape index (κ3) is 5.42. The Bertz CT molecular complexity index is 1080. The number of nitrogens with zero attached hydrogens (tertiary/aromatic N) is 2. The van der Waals surface area contributed by atoms with E-state index >= 15 is 0 Å². The molecule has 0 aliphatic heterocycles. The molecule has 0 aliphatic rings. The van der Waals surface area contributed by atoms with E-state index in [1.54, 1.807) is 24.3 Å². The molecule has 0 saturated carbocycles. The van der Waals surface area contributed by atoms with Crippen LogP contribution in [0.3, 0.4) is 0 Å². The fourth-order valence-corrected chi connectivity index (χ4v) is 3.22.